The number of aryl methyl sites for hydroxylation is 2. The molecular weight excluding hydrogens is 242 g/mol. The lowest BCUT2D eigenvalue weighted by Crippen LogP contribution is -2.28. The molecule has 4 nitrogen and oxygen atoms in total. The Bertz CT molecular complexity index is 468. The summed E-state index contributed by atoms with van der Waals surface area (Å²) in [6.07, 6.45) is 0.788. The van der Waals surface area contributed by atoms with Crippen LogP contribution >= 0.6 is 0 Å². The molecule has 1 rings (SSSR count). The Morgan fingerprint density at radius 2 is 1.95 bits per heavy atom. The summed E-state index contributed by atoms with van der Waals surface area (Å²) in [5.74, 6) is -1.79. The summed E-state index contributed by atoms with van der Waals surface area (Å²) in [4.78, 5) is 22.1. The summed E-state index contributed by atoms with van der Waals surface area (Å²) in [5.41, 5.74) is 3.67. The molecule has 0 bridgehead atoms. The number of hydrogen-bond acceptors (Lipinski definition) is 2. The van der Waals surface area contributed by atoms with Crippen molar-refractivity contribution < 1.29 is 14.7 Å². The Kier molecular flexibility index (Phi) is 5.55. The molecule has 0 saturated carbocycles. The number of carboxylic acids is 1. The Labute approximate surface area is 113 Å². The summed E-state index contributed by atoms with van der Waals surface area (Å²) in [6, 6.07) is 6.23. The van der Waals surface area contributed by atoms with Crippen LogP contribution in [0.2, 0.25) is 0 Å². The first kappa shape index (κ1) is 15.2. The zero-order chi connectivity index (χ0) is 14.4. The number of carbonyl (C=O) groups is 2. The maximum atomic E-state index is 11.5. The zero-order valence-electron chi connectivity index (χ0n) is 11.7. The molecule has 0 fully saturated rings. The molecule has 0 aliphatic heterocycles. The Hall–Kier alpha value is -1.84. The maximum Gasteiger partial charge on any atom is 0.306 e. The molecule has 19 heavy (non-hydrogen) atoms. The van der Waals surface area contributed by atoms with E-state index in [2.05, 4.69) is 31.3 Å². The van der Waals surface area contributed by atoms with Crippen LogP contribution in [0.25, 0.3) is 0 Å². The van der Waals surface area contributed by atoms with E-state index in [1.54, 1.807) is 0 Å². The first-order chi connectivity index (χ1) is 8.90. The number of nitrogens with one attached hydrogen (secondary N) is 1. The van der Waals surface area contributed by atoms with E-state index < -0.39 is 11.9 Å². The molecule has 1 amide bonds. The fourth-order valence-electron chi connectivity index (χ4n) is 1.74. The van der Waals surface area contributed by atoms with Gasteiger partial charge in [-0.2, -0.15) is 0 Å². The predicted octanol–water partition coefficient (Wildman–Crippen LogP) is 2.07. The summed E-state index contributed by atoms with van der Waals surface area (Å²) in [6.45, 7) is 6.19. The van der Waals surface area contributed by atoms with Crippen LogP contribution in [0.4, 0.5) is 0 Å². The molecule has 1 aromatic carbocycles. The van der Waals surface area contributed by atoms with E-state index in [4.69, 9.17) is 5.11 Å². The van der Waals surface area contributed by atoms with E-state index >= 15 is 0 Å². The molecule has 2 N–H and O–H groups in total. The summed E-state index contributed by atoms with van der Waals surface area (Å²) >= 11 is 0. The normalized spacial score (nSPS) is 11.9. The molecule has 0 aliphatic rings. The van der Waals surface area contributed by atoms with E-state index in [1.165, 1.54) is 23.6 Å². The fraction of sp³-hybridized carbons (Fsp3) is 0.467. The number of amides is 1. The van der Waals surface area contributed by atoms with E-state index in [0.29, 0.717) is 6.54 Å². The SMILES string of the molecule is Cc1ccc(CCNC(=O)CC(C)C(=O)O)cc1C. The number of rotatable bonds is 6. The van der Waals surface area contributed by atoms with Crippen molar-refractivity contribution in [1.29, 1.82) is 0 Å². The second-order valence-electron chi connectivity index (χ2n) is 4.96. The Morgan fingerprint density at radius 1 is 1.26 bits per heavy atom. The van der Waals surface area contributed by atoms with Crippen molar-refractivity contribution in [2.45, 2.75) is 33.6 Å². The third-order valence-corrected chi connectivity index (χ3v) is 3.22. The molecule has 0 aliphatic carbocycles. The van der Waals surface area contributed by atoms with Crippen LogP contribution in [0.3, 0.4) is 0 Å². The fourth-order valence-corrected chi connectivity index (χ4v) is 1.74. The number of aliphatic carboxylic acids is 1. The van der Waals surface area contributed by atoms with Gasteiger partial charge in [0.05, 0.1) is 5.92 Å². The van der Waals surface area contributed by atoms with Gasteiger partial charge < -0.3 is 10.4 Å². The second-order valence-corrected chi connectivity index (χ2v) is 4.96. The molecule has 104 valence electrons. The molecule has 1 atom stereocenters. The highest BCUT2D eigenvalue weighted by atomic mass is 16.4. The summed E-state index contributed by atoms with van der Waals surface area (Å²) in [7, 11) is 0. The van der Waals surface area contributed by atoms with Gasteiger partial charge in [0.15, 0.2) is 0 Å². The monoisotopic (exact) mass is 263 g/mol. The van der Waals surface area contributed by atoms with Gasteiger partial charge in [-0.15, -0.1) is 0 Å². The number of carboxylic acid groups (broad SMARTS) is 1. The topological polar surface area (TPSA) is 66.4 Å². The van der Waals surface area contributed by atoms with Crippen molar-refractivity contribution in [2.24, 2.45) is 5.92 Å². The zero-order valence-corrected chi connectivity index (χ0v) is 11.7. The quantitative estimate of drug-likeness (QED) is 0.825. The highest BCUT2D eigenvalue weighted by Crippen LogP contribution is 2.10. The van der Waals surface area contributed by atoms with Crippen molar-refractivity contribution in [3.05, 3.63) is 34.9 Å². The second kappa shape index (κ2) is 6.92. The van der Waals surface area contributed by atoms with Crippen molar-refractivity contribution in [2.75, 3.05) is 6.54 Å². The van der Waals surface area contributed by atoms with Crippen LogP contribution in [0.15, 0.2) is 18.2 Å². The van der Waals surface area contributed by atoms with Gasteiger partial charge in [-0.05, 0) is 37.0 Å². The molecule has 0 heterocycles. The average molecular weight is 263 g/mol. The number of carbonyl (C=O) groups excluding carboxylic acids is 1. The maximum absolute atomic E-state index is 11.5. The lowest BCUT2D eigenvalue weighted by molar-refractivity contribution is -0.143. The van der Waals surface area contributed by atoms with Gasteiger partial charge in [0.25, 0.3) is 0 Å². The number of benzene rings is 1. The van der Waals surface area contributed by atoms with Gasteiger partial charge in [0.1, 0.15) is 0 Å². The van der Waals surface area contributed by atoms with Gasteiger partial charge in [-0.3, -0.25) is 9.59 Å². The third-order valence-electron chi connectivity index (χ3n) is 3.22. The van der Waals surface area contributed by atoms with Gasteiger partial charge in [-0.1, -0.05) is 25.1 Å². The van der Waals surface area contributed by atoms with Gasteiger partial charge in [0, 0.05) is 13.0 Å². The van der Waals surface area contributed by atoms with Crippen molar-refractivity contribution in [3.63, 3.8) is 0 Å². The molecule has 4 heteroatoms. The third kappa shape index (κ3) is 5.12. The minimum absolute atomic E-state index is 0.0300. The lowest BCUT2D eigenvalue weighted by Gasteiger charge is -2.09. The summed E-state index contributed by atoms with van der Waals surface area (Å²) < 4.78 is 0. The molecule has 0 radical (unpaired) electrons. The van der Waals surface area contributed by atoms with E-state index in [1.807, 2.05) is 6.07 Å². The van der Waals surface area contributed by atoms with Gasteiger partial charge in [0.2, 0.25) is 5.91 Å². The van der Waals surface area contributed by atoms with Crippen LogP contribution in [0.5, 0.6) is 0 Å². The molecule has 0 spiro atoms. The van der Waals surface area contributed by atoms with Crippen LogP contribution in [-0.2, 0) is 16.0 Å². The first-order valence-electron chi connectivity index (χ1n) is 6.45. The van der Waals surface area contributed by atoms with Crippen LogP contribution in [-0.4, -0.2) is 23.5 Å². The summed E-state index contributed by atoms with van der Waals surface area (Å²) in [5, 5.41) is 11.5. The number of hydrogen-bond donors (Lipinski definition) is 2. The van der Waals surface area contributed by atoms with E-state index in [-0.39, 0.29) is 12.3 Å². The molecular formula is C15H21NO3. The van der Waals surface area contributed by atoms with Crippen LogP contribution in [0.1, 0.15) is 30.0 Å². The molecule has 1 aromatic rings. The van der Waals surface area contributed by atoms with Crippen molar-refractivity contribution in [1.82, 2.24) is 5.32 Å². The van der Waals surface area contributed by atoms with Crippen LogP contribution < -0.4 is 5.32 Å². The van der Waals surface area contributed by atoms with E-state index in [0.717, 1.165) is 6.42 Å². The highest BCUT2D eigenvalue weighted by Gasteiger charge is 2.15. The largest absolute Gasteiger partial charge is 0.481 e. The molecule has 0 aromatic heterocycles. The molecule has 0 saturated heterocycles. The Balaban J connectivity index is 2.35. The van der Waals surface area contributed by atoms with Crippen LogP contribution in [0, 0.1) is 19.8 Å². The minimum atomic E-state index is -0.940. The predicted molar refractivity (Wildman–Crippen MR) is 74.0 cm³/mol. The first-order valence-corrected chi connectivity index (χ1v) is 6.45. The van der Waals surface area contributed by atoms with E-state index in [9.17, 15) is 9.59 Å². The van der Waals surface area contributed by atoms with Gasteiger partial charge in [-0.25, -0.2) is 0 Å². The average Bonchev–Trinajstić information content (AvgIpc) is 2.33. The van der Waals surface area contributed by atoms with Crippen molar-refractivity contribution >= 4 is 11.9 Å². The van der Waals surface area contributed by atoms with Gasteiger partial charge >= 0.3 is 5.97 Å². The minimum Gasteiger partial charge on any atom is -0.481 e. The standard InChI is InChI=1S/C15H21NO3/c1-10-4-5-13(8-11(10)2)6-7-16-14(17)9-12(3)15(18)19/h4-5,8,12H,6-7,9H2,1-3H3,(H,16,17)(H,18,19). The van der Waals surface area contributed by atoms with Crippen molar-refractivity contribution in [3.8, 4) is 0 Å². The molecule has 1 unspecified atom stereocenters. The highest BCUT2D eigenvalue weighted by molar-refractivity contribution is 5.81. The Morgan fingerprint density at radius 3 is 2.53 bits per heavy atom. The lowest BCUT2D eigenvalue weighted by atomic mass is 10.0. The smallest absolute Gasteiger partial charge is 0.306 e.